The van der Waals surface area contributed by atoms with E-state index in [0.29, 0.717) is 42.4 Å². The lowest BCUT2D eigenvalue weighted by Gasteiger charge is -2.12. The summed E-state index contributed by atoms with van der Waals surface area (Å²) in [5.74, 6) is 5.34. The van der Waals surface area contributed by atoms with Crippen molar-refractivity contribution >= 4 is 68.3 Å². The van der Waals surface area contributed by atoms with Gasteiger partial charge in [0.25, 0.3) is 0 Å². The van der Waals surface area contributed by atoms with Crippen molar-refractivity contribution in [1.82, 2.24) is 59.8 Å². The smallest absolute Gasteiger partial charge is 0.223 e. The topological polar surface area (TPSA) is 245 Å². The second kappa shape index (κ2) is 26.9. The molecule has 12 heterocycles. The van der Waals surface area contributed by atoms with Crippen molar-refractivity contribution < 1.29 is 9.47 Å². The number of halogens is 1. The van der Waals surface area contributed by atoms with Gasteiger partial charge in [0, 0.05) is 130 Å². The van der Waals surface area contributed by atoms with Gasteiger partial charge in [0.05, 0.1) is 67.0 Å². The molecule has 0 fully saturated rings. The van der Waals surface area contributed by atoms with E-state index in [1.54, 1.807) is 70.0 Å². The lowest BCUT2D eigenvalue weighted by molar-refractivity contribution is 0.354. The van der Waals surface area contributed by atoms with Crippen molar-refractivity contribution in [2.75, 3.05) is 52.7 Å². The highest BCUT2D eigenvalue weighted by Gasteiger charge is 2.25. The van der Waals surface area contributed by atoms with Gasteiger partial charge in [-0.15, -0.1) is 0 Å². The van der Waals surface area contributed by atoms with Crippen LogP contribution in [-0.4, -0.2) is 80.6 Å². The van der Waals surface area contributed by atoms with Crippen LogP contribution < -0.4 is 41.4 Å². The molecule has 0 spiro atoms. The highest BCUT2D eigenvalue weighted by atomic mass is 79.9. The Labute approximate surface area is 543 Å². The Kier molecular flexibility index (Phi) is 17.0. The summed E-state index contributed by atoms with van der Waals surface area (Å²) >= 11 is 3.47. The summed E-state index contributed by atoms with van der Waals surface area (Å²) < 4.78 is 11.8. The zero-order valence-corrected chi connectivity index (χ0v) is 51.8. The maximum atomic E-state index is 5.39. The molecule has 454 valence electrons. The van der Waals surface area contributed by atoms with Crippen molar-refractivity contribution in [2.24, 2.45) is 0 Å². The molecule has 21 heteroatoms. The van der Waals surface area contributed by atoms with Crippen LogP contribution >= 0.6 is 15.9 Å². The average Bonchev–Trinajstić information content (AvgIpc) is 1.74. The van der Waals surface area contributed by atoms with E-state index in [1.165, 1.54) is 16.7 Å². The third-order valence-corrected chi connectivity index (χ3v) is 16.2. The molecule has 20 nitrogen and oxygen atoms in total. The first-order chi connectivity index (χ1) is 45.9. The summed E-state index contributed by atoms with van der Waals surface area (Å²) in [5, 5.41) is 20.2. The summed E-state index contributed by atoms with van der Waals surface area (Å²) in [5.41, 5.74) is 19.6. The largest absolute Gasteiger partial charge is 0.493 e. The number of fused-ring (bicyclic) bond motifs is 15. The Morgan fingerprint density at radius 1 is 0.366 bits per heavy atom. The predicted molar refractivity (Wildman–Crippen MR) is 368 cm³/mol. The molecule has 9 aromatic heterocycles. The van der Waals surface area contributed by atoms with Crippen LogP contribution in [0, 0.1) is 0 Å². The minimum absolute atomic E-state index is 0.529. The van der Waals surface area contributed by atoms with Gasteiger partial charge in [-0.3, -0.25) is 15.0 Å². The molecule has 3 aliphatic rings. The molecule has 0 saturated carbocycles. The molecular weight excluding hydrogens is 1230 g/mol. The van der Waals surface area contributed by atoms with E-state index in [0.717, 1.165) is 130 Å². The molecule has 3 aliphatic heterocycles. The van der Waals surface area contributed by atoms with Crippen LogP contribution in [-0.2, 0) is 19.5 Å². The number of aromatic nitrogens is 12. The SMILES string of the molecule is Brc1ccc(CCNc2ncc3c(n2)-c2cccnc2Nc2cnccc2-3)cc1.COc1ccc(CNc2ncc3c(n2)-c2cccnc2Nc2cnccc2-3)cc1OC.c1ccc(-c2cccc(CNc3ncc4c(n3)-c3cccnc3Nc3cnccc3-4)c2)cc1. The number of hydrogen-bond donors (Lipinski definition) is 6. The number of methoxy groups -OCH3 is 2. The molecule has 16 rings (SSSR count). The van der Waals surface area contributed by atoms with Crippen molar-refractivity contribution in [1.29, 1.82) is 0 Å². The molecule has 0 saturated heterocycles. The van der Waals surface area contributed by atoms with Crippen LogP contribution in [0.25, 0.3) is 78.3 Å². The van der Waals surface area contributed by atoms with Crippen LogP contribution in [0.4, 0.5) is 52.4 Å². The Hall–Kier alpha value is -12.1. The van der Waals surface area contributed by atoms with E-state index in [9.17, 15) is 0 Å². The molecule has 0 atom stereocenters. The van der Waals surface area contributed by atoms with Gasteiger partial charge in [0.2, 0.25) is 17.8 Å². The first-order valence-electron chi connectivity index (χ1n) is 29.8. The third kappa shape index (κ3) is 12.9. The molecule has 0 radical (unpaired) electrons. The first kappa shape index (κ1) is 58.6. The highest BCUT2D eigenvalue weighted by molar-refractivity contribution is 9.10. The molecule has 0 unspecified atom stereocenters. The summed E-state index contributed by atoms with van der Waals surface area (Å²) in [6.07, 6.45) is 22.5. The number of benzene rings is 4. The van der Waals surface area contributed by atoms with Crippen molar-refractivity contribution in [3.05, 3.63) is 247 Å². The first-order valence-corrected chi connectivity index (χ1v) is 30.6. The molecule has 6 N–H and O–H groups in total. The number of nitrogens with zero attached hydrogens (tertiary/aromatic N) is 12. The van der Waals surface area contributed by atoms with Crippen LogP contribution in [0.3, 0.4) is 0 Å². The fourth-order valence-corrected chi connectivity index (χ4v) is 11.3. The number of ether oxygens (including phenoxy) is 2. The molecule has 0 bridgehead atoms. The van der Waals surface area contributed by atoms with Crippen LogP contribution in [0.2, 0.25) is 0 Å². The van der Waals surface area contributed by atoms with Gasteiger partial charge in [-0.25, -0.2) is 44.9 Å². The summed E-state index contributed by atoms with van der Waals surface area (Å²) in [4.78, 5) is 54.5. The van der Waals surface area contributed by atoms with Gasteiger partial charge in [-0.1, -0.05) is 82.7 Å². The molecule has 0 aliphatic carbocycles. The molecular formula is C72H57BrN18O2. The Morgan fingerprint density at radius 3 is 1.30 bits per heavy atom. The lowest BCUT2D eigenvalue weighted by atomic mass is 10.0. The fraction of sp³-hybridized carbons (Fsp3) is 0.0833. The second-order valence-electron chi connectivity index (χ2n) is 21.5. The molecule has 0 amide bonds. The van der Waals surface area contributed by atoms with E-state index in [4.69, 9.17) is 24.4 Å². The van der Waals surface area contributed by atoms with Crippen molar-refractivity contribution in [3.8, 4) is 89.8 Å². The highest BCUT2D eigenvalue weighted by Crippen LogP contribution is 2.45. The van der Waals surface area contributed by atoms with E-state index in [-0.39, 0.29) is 0 Å². The van der Waals surface area contributed by atoms with Gasteiger partial charge in [-0.05, 0) is 119 Å². The maximum Gasteiger partial charge on any atom is 0.223 e. The zero-order chi connectivity index (χ0) is 62.9. The number of anilines is 9. The molecule has 93 heavy (non-hydrogen) atoms. The Balaban J connectivity index is 0.000000121. The van der Waals surface area contributed by atoms with Gasteiger partial charge in [0.1, 0.15) is 17.5 Å². The minimum atomic E-state index is 0.529. The van der Waals surface area contributed by atoms with Gasteiger partial charge in [-0.2, -0.15) is 0 Å². The Bertz CT molecular complexity index is 4850. The van der Waals surface area contributed by atoms with Gasteiger partial charge < -0.3 is 41.4 Å². The number of rotatable bonds is 13. The fourth-order valence-electron chi connectivity index (χ4n) is 11.1. The van der Waals surface area contributed by atoms with Crippen LogP contribution in [0.1, 0.15) is 16.7 Å². The maximum absolute atomic E-state index is 5.39. The van der Waals surface area contributed by atoms with E-state index in [2.05, 4.69) is 165 Å². The number of hydrogen-bond acceptors (Lipinski definition) is 20. The normalized spacial score (nSPS) is 11.4. The van der Waals surface area contributed by atoms with Crippen LogP contribution in [0.15, 0.2) is 230 Å². The standard InChI is InChI=1S/C27H20N6.C23H20N6O2.C22H17BrN6/c1-2-7-19(8-3-1)20-9-4-6-18(14-20)15-30-27-31-16-23-21-11-13-28-17-24(21)32-26-22(25(23)33-27)10-5-12-29-26;1-30-19-6-5-14(10-20(19)31-2)11-26-23-27-12-17-15-7-9-24-13-18(15)28-22-16(21(17)29-23)4-3-8-25-22;23-15-5-3-14(4-6-15)7-11-26-22-27-12-18-16-8-10-24-13-19(16)28-21-17(20(18)29-22)2-1-9-25-21/h1-14,16-17H,15H2,(H,29,32)(H,30,31,33);3-10,12-13H,11H2,1-2H3,(H,25,28)(H,26,27,29);1-6,8-10,12-13H,7,11H2,(H,25,28)(H,26,27,29). The third-order valence-electron chi connectivity index (χ3n) is 15.6. The van der Waals surface area contributed by atoms with E-state index in [1.807, 2.05) is 97.5 Å². The molecule has 13 aromatic rings. The average molecular weight is 1290 g/mol. The number of pyridine rings is 6. The van der Waals surface area contributed by atoms with Crippen molar-refractivity contribution in [2.45, 2.75) is 19.5 Å². The quantitative estimate of drug-likeness (QED) is 0.0628. The van der Waals surface area contributed by atoms with E-state index >= 15 is 0 Å². The Morgan fingerprint density at radius 2 is 0.817 bits per heavy atom. The van der Waals surface area contributed by atoms with Gasteiger partial charge in [0.15, 0.2) is 11.5 Å². The van der Waals surface area contributed by atoms with Crippen LogP contribution in [0.5, 0.6) is 11.5 Å². The second-order valence-corrected chi connectivity index (χ2v) is 22.4. The lowest BCUT2D eigenvalue weighted by Crippen LogP contribution is -2.08. The monoisotopic (exact) mass is 1280 g/mol. The number of nitrogens with one attached hydrogen (secondary N) is 6. The molecule has 4 aromatic carbocycles. The summed E-state index contributed by atoms with van der Waals surface area (Å²) in [7, 11) is 3.24. The van der Waals surface area contributed by atoms with E-state index < -0.39 is 0 Å². The summed E-state index contributed by atoms with van der Waals surface area (Å²) in [6.45, 7) is 1.91. The minimum Gasteiger partial charge on any atom is -0.493 e. The van der Waals surface area contributed by atoms with Crippen molar-refractivity contribution in [3.63, 3.8) is 0 Å². The zero-order valence-electron chi connectivity index (χ0n) is 50.3. The van der Waals surface area contributed by atoms with Gasteiger partial charge >= 0.3 is 0 Å². The predicted octanol–water partition coefficient (Wildman–Crippen LogP) is 15.3. The summed E-state index contributed by atoms with van der Waals surface area (Å²) in [6, 6.07) is 50.7.